The van der Waals surface area contributed by atoms with Crippen LogP contribution in [0.5, 0.6) is 0 Å². The summed E-state index contributed by atoms with van der Waals surface area (Å²) in [5.41, 5.74) is 5.22. The Bertz CT molecular complexity index is 85.1. The van der Waals surface area contributed by atoms with Crippen molar-refractivity contribution in [3.63, 3.8) is 0 Å². The lowest BCUT2D eigenvalue weighted by Crippen LogP contribution is -1.99. The summed E-state index contributed by atoms with van der Waals surface area (Å²) in [6.45, 7) is 3.82. The van der Waals surface area contributed by atoms with Crippen molar-refractivity contribution in [1.82, 2.24) is 0 Å². The molecule has 0 saturated heterocycles. The molecule has 0 aliphatic rings. The monoisotopic (exact) mass is 149 g/mol. The van der Waals surface area contributed by atoms with Gasteiger partial charge in [-0.25, -0.2) is 4.39 Å². The summed E-state index contributed by atoms with van der Waals surface area (Å²) in [5.74, 6) is 1.09. The predicted molar refractivity (Wildman–Crippen MR) is 41.2 cm³/mol. The topological polar surface area (TPSA) is 26.0 Å². The normalized spacial score (nSPS) is 9.56. The minimum Gasteiger partial charge on any atom is -0.330 e. The molecule has 0 aromatic carbocycles. The molecule has 0 rings (SSSR count). The van der Waals surface area contributed by atoms with E-state index in [2.05, 4.69) is 6.58 Å². The molecule has 0 bridgehead atoms. The van der Waals surface area contributed by atoms with E-state index in [0.717, 1.165) is 12.2 Å². The van der Waals surface area contributed by atoms with Gasteiger partial charge in [0.15, 0.2) is 0 Å². The molecule has 54 valence electrons. The maximum atomic E-state index is 11.9. The summed E-state index contributed by atoms with van der Waals surface area (Å²) >= 11 is 1.53. The van der Waals surface area contributed by atoms with Gasteiger partial charge in [0.1, 0.15) is 5.83 Å². The third-order valence-electron chi connectivity index (χ3n) is 0.751. The Morgan fingerprint density at radius 2 is 2.33 bits per heavy atom. The summed E-state index contributed by atoms with van der Waals surface area (Å²) in [6, 6.07) is 0. The highest BCUT2D eigenvalue weighted by molar-refractivity contribution is 7.99. The van der Waals surface area contributed by atoms with Gasteiger partial charge < -0.3 is 5.73 Å². The summed E-state index contributed by atoms with van der Waals surface area (Å²) in [7, 11) is 0. The molecule has 0 aliphatic carbocycles. The van der Waals surface area contributed by atoms with Crippen molar-refractivity contribution in [3.05, 3.63) is 12.4 Å². The van der Waals surface area contributed by atoms with Crippen LogP contribution >= 0.6 is 11.8 Å². The first kappa shape index (κ1) is 8.98. The number of rotatable bonds is 5. The minimum absolute atomic E-state index is 0.253. The van der Waals surface area contributed by atoms with Crippen LogP contribution in [-0.2, 0) is 0 Å². The van der Waals surface area contributed by atoms with E-state index in [1.54, 1.807) is 0 Å². The standard InChI is InChI=1S/C6H12FNS/c1-6(7)5-9-4-2-3-8/h1-5,8H2. The number of hydrogen-bond acceptors (Lipinski definition) is 2. The van der Waals surface area contributed by atoms with Crippen LogP contribution in [0.4, 0.5) is 4.39 Å². The van der Waals surface area contributed by atoms with Gasteiger partial charge in [0.05, 0.1) is 0 Å². The molecule has 0 radical (unpaired) electrons. The first-order valence-corrected chi connectivity index (χ1v) is 4.04. The Labute approximate surface area is 59.5 Å². The zero-order valence-electron chi connectivity index (χ0n) is 5.40. The lowest BCUT2D eigenvalue weighted by molar-refractivity contribution is 0.649. The highest BCUT2D eigenvalue weighted by atomic mass is 32.2. The third kappa shape index (κ3) is 7.98. The second-order valence-electron chi connectivity index (χ2n) is 1.71. The van der Waals surface area contributed by atoms with Gasteiger partial charge in [0.2, 0.25) is 0 Å². The second-order valence-corrected chi connectivity index (χ2v) is 2.82. The van der Waals surface area contributed by atoms with Crippen molar-refractivity contribution in [1.29, 1.82) is 0 Å². The molecular formula is C6H12FNS. The van der Waals surface area contributed by atoms with Gasteiger partial charge in [-0.3, -0.25) is 0 Å². The Morgan fingerprint density at radius 1 is 1.67 bits per heavy atom. The lowest BCUT2D eigenvalue weighted by Gasteiger charge is -1.94. The molecule has 0 amide bonds. The second kappa shape index (κ2) is 6.11. The fourth-order valence-electron chi connectivity index (χ4n) is 0.368. The first-order chi connectivity index (χ1) is 4.27. The van der Waals surface area contributed by atoms with E-state index in [9.17, 15) is 4.39 Å². The number of nitrogens with two attached hydrogens (primary N) is 1. The van der Waals surface area contributed by atoms with Gasteiger partial charge in [-0.2, -0.15) is 11.8 Å². The molecule has 0 unspecified atom stereocenters. The van der Waals surface area contributed by atoms with Crippen molar-refractivity contribution in [3.8, 4) is 0 Å². The van der Waals surface area contributed by atoms with Gasteiger partial charge in [0, 0.05) is 5.75 Å². The van der Waals surface area contributed by atoms with Crippen molar-refractivity contribution in [2.75, 3.05) is 18.1 Å². The molecule has 1 nitrogen and oxygen atoms in total. The Morgan fingerprint density at radius 3 is 2.78 bits per heavy atom. The first-order valence-electron chi connectivity index (χ1n) is 2.88. The van der Waals surface area contributed by atoms with Crippen LogP contribution < -0.4 is 5.73 Å². The van der Waals surface area contributed by atoms with E-state index in [1.165, 1.54) is 11.8 Å². The van der Waals surface area contributed by atoms with Crippen LogP contribution in [0.3, 0.4) is 0 Å². The van der Waals surface area contributed by atoms with Crippen LogP contribution in [0.15, 0.2) is 12.4 Å². The van der Waals surface area contributed by atoms with Gasteiger partial charge in [-0.05, 0) is 18.7 Å². The highest BCUT2D eigenvalue weighted by Gasteiger charge is 1.89. The SMILES string of the molecule is C=C(F)CSCCCN. The minimum atomic E-state index is -0.253. The van der Waals surface area contributed by atoms with Crippen LogP contribution in [0.25, 0.3) is 0 Å². The average molecular weight is 149 g/mol. The van der Waals surface area contributed by atoms with Crippen LogP contribution in [0.1, 0.15) is 6.42 Å². The van der Waals surface area contributed by atoms with Crippen molar-refractivity contribution in [2.45, 2.75) is 6.42 Å². The largest absolute Gasteiger partial charge is 0.330 e. The quantitative estimate of drug-likeness (QED) is 0.600. The highest BCUT2D eigenvalue weighted by Crippen LogP contribution is 2.07. The molecule has 2 N–H and O–H groups in total. The molecule has 3 heteroatoms. The smallest absolute Gasteiger partial charge is 0.103 e. The van der Waals surface area contributed by atoms with Crippen LogP contribution in [0, 0.1) is 0 Å². The van der Waals surface area contributed by atoms with Crippen molar-refractivity contribution < 1.29 is 4.39 Å². The summed E-state index contributed by atoms with van der Waals surface area (Å²) in [5, 5.41) is 0. The number of halogens is 1. The van der Waals surface area contributed by atoms with E-state index in [0.29, 0.717) is 12.3 Å². The maximum Gasteiger partial charge on any atom is 0.103 e. The summed E-state index contributed by atoms with van der Waals surface area (Å²) in [4.78, 5) is 0. The molecule has 0 aromatic rings. The zero-order chi connectivity index (χ0) is 7.11. The van der Waals surface area contributed by atoms with Gasteiger partial charge in [0.25, 0.3) is 0 Å². The lowest BCUT2D eigenvalue weighted by atomic mass is 10.5. The Balaban J connectivity index is 2.83. The van der Waals surface area contributed by atoms with Gasteiger partial charge in [-0.15, -0.1) is 0 Å². The molecule has 0 spiro atoms. The molecular weight excluding hydrogens is 137 g/mol. The maximum absolute atomic E-state index is 11.9. The van der Waals surface area contributed by atoms with Crippen molar-refractivity contribution in [2.24, 2.45) is 5.73 Å². The Hall–Kier alpha value is -0.0200. The molecule has 0 fully saturated rings. The van der Waals surface area contributed by atoms with E-state index in [4.69, 9.17) is 5.73 Å². The third-order valence-corrected chi connectivity index (χ3v) is 1.85. The molecule has 0 heterocycles. The van der Waals surface area contributed by atoms with Gasteiger partial charge >= 0.3 is 0 Å². The summed E-state index contributed by atoms with van der Waals surface area (Å²) < 4.78 is 11.9. The predicted octanol–water partition coefficient (Wildman–Crippen LogP) is 1.55. The van der Waals surface area contributed by atoms with E-state index >= 15 is 0 Å². The molecule has 0 atom stereocenters. The van der Waals surface area contributed by atoms with Crippen LogP contribution in [0.2, 0.25) is 0 Å². The van der Waals surface area contributed by atoms with E-state index in [1.807, 2.05) is 0 Å². The molecule has 0 saturated carbocycles. The van der Waals surface area contributed by atoms with Crippen LogP contribution in [-0.4, -0.2) is 18.1 Å². The fraction of sp³-hybridized carbons (Fsp3) is 0.667. The average Bonchev–Trinajstić information content (AvgIpc) is 1.80. The number of hydrogen-bond donors (Lipinski definition) is 1. The molecule has 0 aromatic heterocycles. The van der Waals surface area contributed by atoms with E-state index < -0.39 is 0 Å². The fourth-order valence-corrected chi connectivity index (χ4v) is 1.10. The van der Waals surface area contributed by atoms with Crippen molar-refractivity contribution >= 4 is 11.8 Å². The zero-order valence-corrected chi connectivity index (χ0v) is 6.22. The summed E-state index contributed by atoms with van der Waals surface area (Å²) in [6.07, 6.45) is 0.956. The van der Waals surface area contributed by atoms with E-state index in [-0.39, 0.29) is 5.83 Å². The number of thioether (sulfide) groups is 1. The Kier molecular flexibility index (Phi) is 6.09. The van der Waals surface area contributed by atoms with Gasteiger partial charge in [-0.1, -0.05) is 6.58 Å². The molecule has 9 heavy (non-hydrogen) atoms. The molecule has 0 aliphatic heterocycles.